The number of nitriles is 1. The smallest absolute Gasteiger partial charge is 0.223 e. The Balaban J connectivity index is 0.00000212. The maximum Gasteiger partial charge on any atom is 0.223 e. The Bertz CT molecular complexity index is 2030. The lowest BCUT2D eigenvalue weighted by Crippen LogP contribution is -2.47. The molecule has 2 aromatic carbocycles. The van der Waals surface area contributed by atoms with Crippen LogP contribution in [0.4, 0.5) is 5.82 Å². The molecule has 0 aliphatic carbocycles. The molecule has 2 N–H and O–H groups in total. The minimum atomic E-state index is 0.0751. The maximum absolute atomic E-state index is 9.08. The molecule has 0 radical (unpaired) electrons. The molecule has 1 unspecified atom stereocenters. The number of imidazole rings is 1. The van der Waals surface area contributed by atoms with Crippen LogP contribution < -0.4 is 5.73 Å². The van der Waals surface area contributed by atoms with Gasteiger partial charge in [0.05, 0.1) is 17.3 Å². The number of nitrogen functional groups attached to an aromatic ring is 1. The van der Waals surface area contributed by atoms with Crippen molar-refractivity contribution in [2.75, 3.05) is 38.5 Å². The highest BCUT2D eigenvalue weighted by Crippen LogP contribution is 2.40. The van der Waals surface area contributed by atoms with E-state index in [0.29, 0.717) is 17.6 Å². The molecule has 50 heavy (non-hydrogen) atoms. The molecule has 11 nitrogen and oxygen atoms in total. The number of aliphatic imine (C=N–C) groups is 3. The van der Waals surface area contributed by atoms with Crippen LogP contribution >= 0.6 is 0 Å². The van der Waals surface area contributed by atoms with Crippen LogP contribution in [0.5, 0.6) is 0 Å². The molecule has 0 bridgehead atoms. The molecule has 5 aromatic rings. The van der Waals surface area contributed by atoms with Gasteiger partial charge in [0, 0.05) is 49.0 Å². The number of pyridine rings is 2. The summed E-state index contributed by atoms with van der Waals surface area (Å²) in [6.45, 7) is 12.2. The number of fused-ring (bicyclic) bond motifs is 1. The summed E-state index contributed by atoms with van der Waals surface area (Å²) in [5, 5.41) is 9.08. The fraction of sp³-hybridized carbons (Fsp3) is 0.308. The van der Waals surface area contributed by atoms with Crippen molar-refractivity contribution in [1.29, 1.82) is 5.26 Å². The molecule has 7 rings (SSSR count). The van der Waals surface area contributed by atoms with Gasteiger partial charge in [-0.15, -0.1) is 0 Å². The molecule has 5 heterocycles. The van der Waals surface area contributed by atoms with E-state index < -0.39 is 0 Å². The molecule has 254 valence electrons. The van der Waals surface area contributed by atoms with E-state index in [0.717, 1.165) is 79.2 Å². The number of piperidine rings is 1. The first kappa shape index (κ1) is 34.1. The Labute approximate surface area is 293 Å². The first-order chi connectivity index (χ1) is 24.6. The van der Waals surface area contributed by atoms with Crippen LogP contribution in [0.25, 0.3) is 39.5 Å². The zero-order valence-electron chi connectivity index (χ0n) is 28.8. The van der Waals surface area contributed by atoms with Gasteiger partial charge in [0.25, 0.3) is 0 Å². The molecular weight excluding hydrogens is 623 g/mol. The number of hydrogen-bond donors (Lipinski definition) is 1. The standard InChI is InChI=1S/C37H37N11.C2H6/c1-40-26-43-36(42-20-18-38)47-21-6-16-37(25-47)17-22-46(24-37)23-27-10-12-29(13-11-27)48-34(30-9-5-19-41-33(30)39)45-32-15-14-31(44-35(32)48)28-7-3-2-4-8-28;1-2/h2-5,7-15,19,26H,1,6,16-17,20-25H2,(H2,39,41);1-2H3/b42-36?,43-26-;. The molecule has 1 spiro atoms. The van der Waals surface area contributed by atoms with Gasteiger partial charge in [0.1, 0.15) is 24.2 Å². The van der Waals surface area contributed by atoms with Gasteiger partial charge in [-0.3, -0.25) is 14.5 Å². The second-order valence-electron chi connectivity index (χ2n) is 12.5. The quantitative estimate of drug-likeness (QED) is 0.117. The van der Waals surface area contributed by atoms with Crippen molar-refractivity contribution in [3.63, 3.8) is 0 Å². The fourth-order valence-electron chi connectivity index (χ4n) is 7.06. The van der Waals surface area contributed by atoms with Crippen LogP contribution in [-0.4, -0.2) is 81.1 Å². The highest BCUT2D eigenvalue weighted by atomic mass is 15.3. The third-order valence-corrected chi connectivity index (χ3v) is 9.26. The van der Waals surface area contributed by atoms with Gasteiger partial charge in [0.15, 0.2) is 11.5 Å². The normalized spacial score (nSPS) is 17.9. The van der Waals surface area contributed by atoms with Crippen molar-refractivity contribution >= 4 is 36.0 Å². The van der Waals surface area contributed by atoms with Gasteiger partial charge in [-0.1, -0.05) is 56.3 Å². The summed E-state index contributed by atoms with van der Waals surface area (Å²) in [7, 11) is 0. The number of rotatable bonds is 7. The van der Waals surface area contributed by atoms with Crippen LogP contribution in [0, 0.1) is 16.7 Å². The second-order valence-corrected chi connectivity index (χ2v) is 12.5. The highest BCUT2D eigenvalue weighted by Gasteiger charge is 2.42. The Morgan fingerprint density at radius 1 is 0.980 bits per heavy atom. The van der Waals surface area contributed by atoms with Crippen LogP contribution in [-0.2, 0) is 6.54 Å². The van der Waals surface area contributed by atoms with E-state index in [9.17, 15) is 0 Å². The van der Waals surface area contributed by atoms with Crippen molar-refractivity contribution in [3.8, 4) is 34.4 Å². The number of benzene rings is 2. The molecule has 3 aromatic heterocycles. The molecule has 1 atom stereocenters. The van der Waals surface area contributed by atoms with Crippen LogP contribution in [0.1, 0.15) is 38.7 Å². The topological polar surface area (TPSA) is 137 Å². The van der Waals surface area contributed by atoms with Crippen LogP contribution in [0.2, 0.25) is 0 Å². The third-order valence-electron chi connectivity index (χ3n) is 9.26. The minimum Gasteiger partial charge on any atom is -0.383 e. The Hall–Kier alpha value is -5.73. The average molecular weight is 666 g/mol. The predicted molar refractivity (Wildman–Crippen MR) is 202 cm³/mol. The molecule has 2 aliphatic heterocycles. The number of nitrogens with two attached hydrogens (primary N) is 1. The van der Waals surface area contributed by atoms with E-state index in [1.54, 1.807) is 6.20 Å². The van der Waals surface area contributed by atoms with Crippen molar-refractivity contribution in [3.05, 3.63) is 90.6 Å². The molecule has 0 saturated carbocycles. The molecule has 2 fully saturated rings. The maximum atomic E-state index is 9.08. The van der Waals surface area contributed by atoms with E-state index in [1.165, 1.54) is 18.3 Å². The number of aromatic nitrogens is 4. The van der Waals surface area contributed by atoms with Gasteiger partial charge in [-0.05, 0) is 74.5 Å². The summed E-state index contributed by atoms with van der Waals surface area (Å²) in [6.07, 6.45) is 6.44. The third kappa shape index (κ3) is 7.31. The zero-order valence-corrected chi connectivity index (χ0v) is 28.8. The fourth-order valence-corrected chi connectivity index (χ4v) is 7.06. The minimum absolute atomic E-state index is 0.0751. The monoisotopic (exact) mass is 665 g/mol. The van der Waals surface area contributed by atoms with Gasteiger partial charge in [-0.25, -0.2) is 24.9 Å². The SMILES string of the molecule is C=N/C=N\C(=NCC#N)N1CCCC2(CCN(Cc3ccc(-n4c(-c5cccnc5N)nc5ccc(-c6ccccc6)nc54)cc3)C2)C1.CC. The van der Waals surface area contributed by atoms with Gasteiger partial charge in [-0.2, -0.15) is 5.26 Å². The lowest BCUT2D eigenvalue weighted by Gasteiger charge is -2.41. The Kier molecular flexibility index (Phi) is 10.7. The average Bonchev–Trinajstić information content (AvgIpc) is 3.73. The number of likely N-dealkylation sites (tertiary alicyclic amines) is 2. The van der Waals surface area contributed by atoms with Crippen LogP contribution in [0.15, 0.2) is 100 Å². The number of guanidine groups is 1. The van der Waals surface area contributed by atoms with Crippen molar-refractivity contribution < 1.29 is 0 Å². The summed E-state index contributed by atoms with van der Waals surface area (Å²) >= 11 is 0. The first-order valence-corrected chi connectivity index (χ1v) is 17.2. The summed E-state index contributed by atoms with van der Waals surface area (Å²) in [6, 6.07) is 28.8. The largest absolute Gasteiger partial charge is 0.383 e. The van der Waals surface area contributed by atoms with E-state index in [1.807, 2.05) is 56.3 Å². The molecule has 11 heteroatoms. The lowest BCUT2D eigenvalue weighted by atomic mass is 9.79. The second kappa shape index (κ2) is 15.7. The van der Waals surface area contributed by atoms with Crippen molar-refractivity contribution in [1.82, 2.24) is 29.3 Å². The lowest BCUT2D eigenvalue weighted by molar-refractivity contribution is 0.138. The Morgan fingerprint density at radius 2 is 1.80 bits per heavy atom. The van der Waals surface area contributed by atoms with Crippen LogP contribution in [0.3, 0.4) is 0 Å². The number of hydrogen-bond acceptors (Lipinski definition) is 7. The summed E-state index contributed by atoms with van der Waals surface area (Å²) in [5.74, 6) is 1.70. The molecule has 0 amide bonds. The van der Waals surface area contributed by atoms with Gasteiger partial charge < -0.3 is 10.6 Å². The van der Waals surface area contributed by atoms with E-state index >= 15 is 0 Å². The zero-order chi connectivity index (χ0) is 34.9. The predicted octanol–water partition coefficient (Wildman–Crippen LogP) is 6.65. The molecular formula is C39H43N11. The van der Waals surface area contributed by atoms with Crippen molar-refractivity contribution in [2.45, 2.75) is 39.7 Å². The van der Waals surface area contributed by atoms with E-state index in [2.05, 4.69) is 83.5 Å². The van der Waals surface area contributed by atoms with E-state index in [4.69, 9.17) is 21.0 Å². The Morgan fingerprint density at radius 3 is 2.56 bits per heavy atom. The summed E-state index contributed by atoms with van der Waals surface area (Å²) in [4.78, 5) is 31.7. The van der Waals surface area contributed by atoms with Gasteiger partial charge in [0.2, 0.25) is 5.96 Å². The summed E-state index contributed by atoms with van der Waals surface area (Å²) in [5.41, 5.74) is 13.0. The van der Waals surface area contributed by atoms with Gasteiger partial charge >= 0.3 is 0 Å². The number of anilines is 1. The highest BCUT2D eigenvalue weighted by molar-refractivity contribution is 5.88. The van der Waals surface area contributed by atoms with E-state index in [-0.39, 0.29) is 12.0 Å². The van der Waals surface area contributed by atoms with Crippen molar-refractivity contribution in [2.24, 2.45) is 20.4 Å². The number of nitrogens with zero attached hydrogens (tertiary/aromatic N) is 10. The first-order valence-electron chi connectivity index (χ1n) is 17.2. The summed E-state index contributed by atoms with van der Waals surface area (Å²) < 4.78 is 2.08. The molecule has 2 saturated heterocycles. The molecule has 2 aliphatic rings.